The van der Waals surface area contributed by atoms with E-state index in [9.17, 15) is 4.39 Å². The van der Waals surface area contributed by atoms with E-state index in [4.69, 9.17) is 0 Å². The van der Waals surface area contributed by atoms with Crippen molar-refractivity contribution in [1.82, 2.24) is 5.32 Å². The van der Waals surface area contributed by atoms with E-state index in [0.29, 0.717) is 12.1 Å². The first-order chi connectivity index (χ1) is 10.1. The zero-order valence-corrected chi connectivity index (χ0v) is 13.7. The minimum absolute atomic E-state index is 0.136. The number of rotatable bonds is 6. The molecular weight excluding hydrogens is 263 g/mol. The van der Waals surface area contributed by atoms with E-state index in [1.807, 2.05) is 6.07 Å². The molecule has 118 valence electrons. The maximum atomic E-state index is 13.6. The largest absolute Gasteiger partial charge is 0.368 e. The molecule has 1 aromatic rings. The van der Waals surface area contributed by atoms with Crippen LogP contribution in [0.4, 0.5) is 10.1 Å². The third-order valence-corrected chi connectivity index (χ3v) is 4.30. The van der Waals surface area contributed by atoms with Crippen LogP contribution in [0, 0.1) is 5.82 Å². The van der Waals surface area contributed by atoms with Crippen LogP contribution in [0.15, 0.2) is 18.2 Å². The van der Waals surface area contributed by atoms with Crippen LogP contribution in [0.5, 0.6) is 0 Å². The fourth-order valence-electron chi connectivity index (χ4n) is 3.24. The highest BCUT2D eigenvalue weighted by atomic mass is 19.1. The molecule has 0 bridgehead atoms. The topological polar surface area (TPSA) is 15.3 Å². The smallest absolute Gasteiger partial charge is 0.123 e. The number of hydrogen-bond donors (Lipinski definition) is 1. The van der Waals surface area contributed by atoms with Gasteiger partial charge in [-0.15, -0.1) is 0 Å². The molecule has 1 unspecified atom stereocenters. The highest BCUT2D eigenvalue weighted by Gasteiger charge is 2.23. The van der Waals surface area contributed by atoms with Crippen LogP contribution in [0.1, 0.15) is 58.4 Å². The predicted octanol–water partition coefficient (Wildman–Crippen LogP) is 4.48. The Bertz CT molecular complexity index is 443. The zero-order chi connectivity index (χ0) is 15.2. The lowest BCUT2D eigenvalue weighted by Crippen LogP contribution is -2.40. The molecule has 1 saturated heterocycles. The van der Waals surface area contributed by atoms with Crippen LogP contribution >= 0.6 is 0 Å². The highest BCUT2D eigenvalue weighted by molar-refractivity contribution is 5.55. The second kappa shape index (κ2) is 7.79. The van der Waals surface area contributed by atoms with Gasteiger partial charge >= 0.3 is 0 Å². The van der Waals surface area contributed by atoms with Crippen molar-refractivity contribution in [3.63, 3.8) is 0 Å². The number of piperidine rings is 1. The lowest BCUT2D eigenvalue weighted by atomic mass is 9.96. The van der Waals surface area contributed by atoms with Gasteiger partial charge in [-0.1, -0.05) is 27.2 Å². The van der Waals surface area contributed by atoms with Gasteiger partial charge < -0.3 is 10.2 Å². The van der Waals surface area contributed by atoms with Gasteiger partial charge in [0.1, 0.15) is 5.82 Å². The molecule has 2 nitrogen and oxygen atoms in total. The Morgan fingerprint density at radius 1 is 1.33 bits per heavy atom. The number of halogens is 1. The van der Waals surface area contributed by atoms with Gasteiger partial charge in [0.05, 0.1) is 0 Å². The zero-order valence-electron chi connectivity index (χ0n) is 13.7. The molecule has 1 aliphatic heterocycles. The van der Waals surface area contributed by atoms with Gasteiger partial charge in [0.25, 0.3) is 0 Å². The predicted molar refractivity (Wildman–Crippen MR) is 88.3 cm³/mol. The van der Waals surface area contributed by atoms with Crippen molar-refractivity contribution in [2.75, 3.05) is 11.4 Å². The first-order valence-corrected chi connectivity index (χ1v) is 8.40. The van der Waals surface area contributed by atoms with E-state index >= 15 is 0 Å². The van der Waals surface area contributed by atoms with Crippen LogP contribution < -0.4 is 10.2 Å². The van der Waals surface area contributed by atoms with Crippen molar-refractivity contribution in [1.29, 1.82) is 0 Å². The van der Waals surface area contributed by atoms with Crippen molar-refractivity contribution >= 4 is 5.69 Å². The van der Waals surface area contributed by atoms with Gasteiger partial charge in [-0.25, -0.2) is 4.39 Å². The number of anilines is 1. The van der Waals surface area contributed by atoms with E-state index in [2.05, 4.69) is 31.0 Å². The summed E-state index contributed by atoms with van der Waals surface area (Å²) in [5.41, 5.74) is 2.31. The lowest BCUT2D eigenvalue weighted by molar-refractivity contribution is 0.433. The van der Waals surface area contributed by atoms with E-state index in [1.165, 1.54) is 37.8 Å². The first-order valence-electron chi connectivity index (χ1n) is 8.40. The van der Waals surface area contributed by atoms with Crippen LogP contribution in [0.3, 0.4) is 0 Å². The van der Waals surface area contributed by atoms with Crippen LogP contribution in [0.25, 0.3) is 0 Å². The second-order valence-corrected chi connectivity index (χ2v) is 6.44. The normalized spacial score (nSPS) is 19.3. The highest BCUT2D eigenvalue weighted by Crippen LogP contribution is 2.30. The molecule has 1 aliphatic rings. The summed E-state index contributed by atoms with van der Waals surface area (Å²) in [4.78, 5) is 2.52. The van der Waals surface area contributed by atoms with Gasteiger partial charge in [-0.05, 0) is 49.4 Å². The Labute approximate surface area is 128 Å². The fourth-order valence-corrected chi connectivity index (χ4v) is 3.24. The van der Waals surface area contributed by atoms with Crippen molar-refractivity contribution in [3.8, 4) is 0 Å². The van der Waals surface area contributed by atoms with Crippen molar-refractivity contribution in [3.05, 3.63) is 29.6 Å². The van der Waals surface area contributed by atoms with Crippen molar-refractivity contribution in [2.45, 2.75) is 71.5 Å². The number of nitrogens with one attached hydrogen (secondary N) is 1. The molecule has 0 aromatic heterocycles. The summed E-state index contributed by atoms with van der Waals surface area (Å²) < 4.78 is 13.6. The van der Waals surface area contributed by atoms with E-state index in [0.717, 1.165) is 18.7 Å². The average Bonchev–Trinajstić information content (AvgIpc) is 2.46. The molecule has 1 N–H and O–H groups in total. The van der Waals surface area contributed by atoms with E-state index in [1.54, 1.807) is 12.1 Å². The Balaban J connectivity index is 2.23. The minimum atomic E-state index is -0.136. The summed E-state index contributed by atoms with van der Waals surface area (Å²) in [6.45, 7) is 8.34. The molecule has 1 heterocycles. The standard InChI is InChI=1S/C18H29FN2/c1-4-7-17-8-5-6-11-21(17)18-10-9-16(19)12-15(18)13-20-14(2)3/h9-10,12,14,17,20H,4-8,11,13H2,1-3H3. The first kappa shape index (κ1) is 16.3. The lowest BCUT2D eigenvalue weighted by Gasteiger charge is -2.39. The summed E-state index contributed by atoms with van der Waals surface area (Å²) in [7, 11) is 0. The second-order valence-electron chi connectivity index (χ2n) is 6.44. The summed E-state index contributed by atoms with van der Waals surface area (Å²) in [6, 6.07) is 6.30. The van der Waals surface area contributed by atoms with Crippen molar-refractivity contribution in [2.24, 2.45) is 0 Å². The maximum absolute atomic E-state index is 13.6. The van der Waals surface area contributed by atoms with Crippen LogP contribution in [-0.4, -0.2) is 18.6 Å². The third kappa shape index (κ3) is 4.44. The number of nitrogens with zero attached hydrogens (tertiary/aromatic N) is 1. The fraction of sp³-hybridized carbons (Fsp3) is 0.667. The van der Waals surface area contributed by atoms with Crippen molar-refractivity contribution < 1.29 is 4.39 Å². The summed E-state index contributed by atoms with van der Waals surface area (Å²) >= 11 is 0. The third-order valence-electron chi connectivity index (χ3n) is 4.30. The molecule has 21 heavy (non-hydrogen) atoms. The molecule has 0 spiro atoms. The molecule has 0 radical (unpaired) electrons. The molecule has 0 saturated carbocycles. The SMILES string of the molecule is CCCC1CCCCN1c1ccc(F)cc1CNC(C)C. The molecule has 2 rings (SSSR count). The van der Waals surface area contributed by atoms with E-state index in [-0.39, 0.29) is 5.82 Å². The van der Waals surface area contributed by atoms with Gasteiger partial charge in [0.2, 0.25) is 0 Å². The minimum Gasteiger partial charge on any atom is -0.368 e. The molecule has 3 heteroatoms. The average molecular weight is 292 g/mol. The quantitative estimate of drug-likeness (QED) is 0.831. The van der Waals surface area contributed by atoms with E-state index < -0.39 is 0 Å². The molecule has 1 atom stereocenters. The molecule has 0 amide bonds. The number of hydrogen-bond acceptors (Lipinski definition) is 2. The molecule has 1 aromatic carbocycles. The summed E-state index contributed by atoms with van der Waals surface area (Å²) in [6.07, 6.45) is 6.27. The molecule has 0 aliphatic carbocycles. The maximum Gasteiger partial charge on any atom is 0.123 e. The van der Waals surface area contributed by atoms with Gasteiger partial charge in [-0.3, -0.25) is 0 Å². The number of benzene rings is 1. The molecule has 1 fully saturated rings. The van der Waals surface area contributed by atoms with Crippen LogP contribution in [0.2, 0.25) is 0 Å². The van der Waals surface area contributed by atoms with Gasteiger partial charge in [0, 0.05) is 30.9 Å². The van der Waals surface area contributed by atoms with Gasteiger partial charge in [0.15, 0.2) is 0 Å². The summed E-state index contributed by atoms with van der Waals surface area (Å²) in [5.74, 6) is -0.136. The molecular formula is C18H29FN2. The Morgan fingerprint density at radius 2 is 2.14 bits per heavy atom. The Kier molecular flexibility index (Phi) is 6.04. The van der Waals surface area contributed by atoms with Gasteiger partial charge in [-0.2, -0.15) is 0 Å². The van der Waals surface area contributed by atoms with Crippen LogP contribution in [-0.2, 0) is 6.54 Å². The summed E-state index contributed by atoms with van der Waals surface area (Å²) in [5, 5.41) is 3.42. The monoisotopic (exact) mass is 292 g/mol. The Morgan fingerprint density at radius 3 is 2.86 bits per heavy atom. The Hall–Kier alpha value is -1.09.